The number of carbonyl (C=O) groups is 4. The molecule has 0 saturated heterocycles. The van der Waals surface area contributed by atoms with Gasteiger partial charge in [0.2, 0.25) is 11.7 Å². The number of aromatic hydroxyl groups is 1. The number of fused-ring (bicyclic) bond motifs is 3. The van der Waals surface area contributed by atoms with Crippen LogP contribution < -0.4 is 21.1 Å². The molecule has 0 bridgehead atoms. The third-order valence-corrected chi connectivity index (χ3v) is 7.43. The lowest BCUT2D eigenvalue weighted by molar-refractivity contribution is -0.275. The zero-order chi connectivity index (χ0) is 30.8. The van der Waals surface area contributed by atoms with Gasteiger partial charge in [0.15, 0.2) is 17.1 Å². The summed E-state index contributed by atoms with van der Waals surface area (Å²) in [5, 5.41) is 49.3. The molecule has 0 aromatic heterocycles. The molecule has 0 aliphatic heterocycles. The number of hydrogen-bond donors (Lipinski definition) is 7. The molecule has 0 spiro atoms. The number of ketones is 2. The lowest BCUT2D eigenvalue weighted by Crippen LogP contribution is -2.65. The Morgan fingerprint density at radius 1 is 1.22 bits per heavy atom. The minimum absolute atomic E-state index is 0.229. The Balaban J connectivity index is 1.95. The molecule has 1 saturated carbocycles. The molecular formula is C25H27F3N4O9. The van der Waals surface area contributed by atoms with Gasteiger partial charge in [0.25, 0.3) is 5.91 Å². The quantitative estimate of drug-likeness (QED) is 0.175. The normalized spacial score (nSPS) is 26.0. The number of rotatable bonds is 6. The lowest BCUT2D eigenvalue weighted by atomic mass is 9.57. The van der Waals surface area contributed by atoms with E-state index in [2.05, 4.69) is 15.4 Å². The van der Waals surface area contributed by atoms with E-state index >= 15 is 0 Å². The molecule has 0 radical (unpaired) electrons. The second kappa shape index (κ2) is 10.0. The molecule has 4 atom stereocenters. The second-order valence-electron chi connectivity index (χ2n) is 10.3. The van der Waals surface area contributed by atoms with Crippen LogP contribution in [0.15, 0.2) is 23.0 Å². The third kappa shape index (κ3) is 4.76. The molecule has 1 fully saturated rings. The first-order valence-electron chi connectivity index (χ1n) is 12.2. The number of aliphatic hydroxyl groups excluding tert-OH is 2. The summed E-state index contributed by atoms with van der Waals surface area (Å²) in [7, 11) is 4.36. The zero-order valence-electron chi connectivity index (χ0n) is 21.9. The number of hydrogen-bond acceptors (Lipinski definition) is 11. The van der Waals surface area contributed by atoms with E-state index in [1.54, 1.807) is 14.1 Å². The minimum Gasteiger partial charge on any atom is -0.508 e. The van der Waals surface area contributed by atoms with Crippen molar-refractivity contribution in [1.82, 2.24) is 10.2 Å². The highest BCUT2D eigenvalue weighted by molar-refractivity contribution is 6.24. The van der Waals surface area contributed by atoms with Crippen LogP contribution in [0.4, 0.5) is 18.9 Å². The number of phenols is 1. The van der Waals surface area contributed by atoms with Gasteiger partial charge in [0, 0.05) is 23.1 Å². The fraction of sp³-hybridized carbons (Fsp3) is 0.440. The monoisotopic (exact) mass is 584 g/mol. The van der Waals surface area contributed by atoms with Crippen molar-refractivity contribution in [3.8, 4) is 11.5 Å². The molecule has 8 N–H and O–H groups in total. The van der Waals surface area contributed by atoms with Crippen LogP contribution in [-0.4, -0.2) is 94.4 Å². The number of halogens is 3. The number of nitrogens with one attached hydrogen (secondary N) is 2. The van der Waals surface area contributed by atoms with Crippen LogP contribution in [-0.2, 0) is 25.6 Å². The smallest absolute Gasteiger partial charge is 0.508 e. The fourth-order valence-corrected chi connectivity index (χ4v) is 5.83. The van der Waals surface area contributed by atoms with Gasteiger partial charge in [0.05, 0.1) is 23.8 Å². The van der Waals surface area contributed by atoms with E-state index in [1.165, 1.54) is 11.9 Å². The van der Waals surface area contributed by atoms with E-state index < -0.39 is 105 Å². The number of likely N-dealkylation sites (N-methyl/N-ethyl adjacent to an activating group) is 2. The molecular weight excluding hydrogens is 557 g/mol. The second-order valence-corrected chi connectivity index (χ2v) is 10.3. The van der Waals surface area contributed by atoms with Crippen LogP contribution in [0, 0.1) is 11.8 Å². The number of benzene rings is 1. The number of ether oxygens (including phenoxy) is 1. The minimum atomic E-state index is -5.23. The summed E-state index contributed by atoms with van der Waals surface area (Å²) in [6.07, 6.45) is -6.02. The molecule has 13 nitrogen and oxygen atoms in total. The van der Waals surface area contributed by atoms with E-state index in [1.807, 2.05) is 0 Å². The summed E-state index contributed by atoms with van der Waals surface area (Å²) in [6, 6.07) is -0.691. The van der Waals surface area contributed by atoms with E-state index in [-0.39, 0.29) is 18.5 Å². The average Bonchev–Trinajstić information content (AvgIpc) is 2.83. The number of Topliss-reactive ketones (excluding diaryl/α,β-unsaturated/α-hetero) is 2. The Morgan fingerprint density at radius 3 is 2.39 bits per heavy atom. The molecule has 2 amide bonds. The highest BCUT2D eigenvalue weighted by Crippen LogP contribution is 2.54. The molecule has 3 aliphatic rings. The van der Waals surface area contributed by atoms with E-state index in [4.69, 9.17) is 5.73 Å². The van der Waals surface area contributed by atoms with Crippen LogP contribution in [0.1, 0.15) is 17.5 Å². The maximum absolute atomic E-state index is 13.8. The summed E-state index contributed by atoms with van der Waals surface area (Å²) in [5.41, 5.74) is -0.931. The molecule has 3 aliphatic carbocycles. The molecule has 1 aromatic carbocycles. The van der Waals surface area contributed by atoms with Gasteiger partial charge in [-0.3, -0.25) is 19.2 Å². The topological polar surface area (TPSA) is 212 Å². The van der Waals surface area contributed by atoms with Crippen molar-refractivity contribution < 1.29 is 57.5 Å². The number of amides is 2. The lowest BCUT2D eigenvalue weighted by Gasteiger charge is -2.48. The van der Waals surface area contributed by atoms with E-state index in [0.29, 0.717) is 0 Å². The number of nitrogens with two attached hydrogens (primary N) is 1. The molecule has 0 heterocycles. The van der Waals surface area contributed by atoms with Crippen LogP contribution in [0.3, 0.4) is 0 Å². The Labute approximate surface area is 230 Å². The highest BCUT2D eigenvalue weighted by atomic mass is 19.4. The summed E-state index contributed by atoms with van der Waals surface area (Å²) in [4.78, 5) is 52.4. The number of anilines is 1. The van der Waals surface area contributed by atoms with Gasteiger partial charge in [0.1, 0.15) is 22.8 Å². The number of nitrogens with zero attached hydrogens (tertiary/aromatic N) is 1. The first-order chi connectivity index (χ1) is 18.9. The SMILES string of the molecule is CN[C@@H]1C(=O)C(C(N)=O)=C(O)[C@@]2(O)C(=O)C3=C(O)c4c(O)c(NC(=O)CN(C)C)cc(OC(F)(F)F)c4C[C@H]3C[C@@H]12. The Bertz CT molecular complexity index is 1440. The van der Waals surface area contributed by atoms with Gasteiger partial charge in [-0.2, -0.15) is 0 Å². The standard InChI is InChI=1S/C25H27F3N4O9/c1-30-17-10-5-8-4-9-12(41-25(26,27)28)6-11(31-13(33)7-32(2)3)18(34)15(9)19(35)14(8)21(37)24(10,40)22(38)16(20(17)36)23(29)39/h6,8,10,17,30,34-35,38,40H,4-5,7H2,1-3H3,(H2,29,39)(H,31,33)/t8-,10-,17-,24-/m0/s1. The summed E-state index contributed by atoms with van der Waals surface area (Å²) >= 11 is 0. The molecule has 41 heavy (non-hydrogen) atoms. The number of carbonyl (C=O) groups excluding carboxylic acids is 4. The van der Waals surface area contributed by atoms with E-state index in [0.717, 1.165) is 6.07 Å². The van der Waals surface area contributed by atoms with Crippen LogP contribution in [0.25, 0.3) is 5.76 Å². The molecule has 0 unspecified atom stereocenters. The molecule has 16 heteroatoms. The van der Waals surface area contributed by atoms with Gasteiger partial charge in [-0.25, -0.2) is 0 Å². The predicted octanol–water partition coefficient (Wildman–Crippen LogP) is 0.0205. The van der Waals surface area contributed by atoms with Crippen molar-refractivity contribution in [1.29, 1.82) is 0 Å². The van der Waals surface area contributed by atoms with Crippen molar-refractivity contribution in [2.24, 2.45) is 17.6 Å². The van der Waals surface area contributed by atoms with Gasteiger partial charge in [-0.1, -0.05) is 0 Å². The maximum Gasteiger partial charge on any atom is 0.573 e. The number of alkyl halides is 3. The van der Waals surface area contributed by atoms with Crippen LogP contribution >= 0.6 is 0 Å². The van der Waals surface area contributed by atoms with Crippen LogP contribution in [0.2, 0.25) is 0 Å². The third-order valence-electron chi connectivity index (χ3n) is 7.43. The maximum atomic E-state index is 13.8. The number of primary amides is 1. The Hall–Kier alpha value is -4.15. The van der Waals surface area contributed by atoms with Gasteiger partial charge >= 0.3 is 6.36 Å². The van der Waals surface area contributed by atoms with Crippen molar-refractivity contribution in [2.45, 2.75) is 30.8 Å². The van der Waals surface area contributed by atoms with Gasteiger partial charge < -0.3 is 46.4 Å². The molecule has 222 valence electrons. The van der Waals surface area contributed by atoms with Crippen molar-refractivity contribution in [2.75, 3.05) is 33.0 Å². The summed E-state index contributed by atoms with van der Waals surface area (Å²) < 4.78 is 44.3. The zero-order valence-corrected chi connectivity index (χ0v) is 21.9. The Kier molecular flexibility index (Phi) is 7.30. The summed E-state index contributed by atoms with van der Waals surface area (Å²) in [6.45, 7) is -0.229. The van der Waals surface area contributed by atoms with Gasteiger partial charge in [-0.05, 0) is 39.9 Å². The first kappa shape index (κ1) is 29.8. The Morgan fingerprint density at radius 2 is 1.85 bits per heavy atom. The number of phenolic OH excluding ortho intramolecular Hbond substituents is 1. The van der Waals surface area contributed by atoms with Crippen molar-refractivity contribution in [3.05, 3.63) is 34.1 Å². The highest BCUT2D eigenvalue weighted by Gasteiger charge is 2.63. The largest absolute Gasteiger partial charge is 0.573 e. The average molecular weight is 585 g/mol. The predicted molar refractivity (Wildman–Crippen MR) is 133 cm³/mol. The van der Waals surface area contributed by atoms with Gasteiger partial charge in [-0.15, -0.1) is 13.2 Å². The summed E-state index contributed by atoms with van der Waals surface area (Å²) in [5.74, 6) is -11.2. The van der Waals surface area contributed by atoms with Crippen LogP contribution in [0.5, 0.6) is 11.5 Å². The van der Waals surface area contributed by atoms with E-state index in [9.17, 15) is 52.8 Å². The van der Waals surface area contributed by atoms with Crippen molar-refractivity contribution in [3.63, 3.8) is 0 Å². The van der Waals surface area contributed by atoms with Crippen molar-refractivity contribution >= 4 is 34.8 Å². The fourth-order valence-electron chi connectivity index (χ4n) is 5.83. The molecule has 1 aromatic rings. The molecule has 4 rings (SSSR count). The first-order valence-corrected chi connectivity index (χ1v) is 12.2. The number of aliphatic hydroxyl groups is 3.